The molecule has 0 unspecified atom stereocenters. The molecule has 1 heterocycles. The largest absolute Gasteiger partial charge is 0.435 e. The summed E-state index contributed by atoms with van der Waals surface area (Å²) in [4.78, 5) is 40.7. The first-order valence-electron chi connectivity index (χ1n) is 9.73. The quantitative estimate of drug-likeness (QED) is 0.554. The lowest BCUT2D eigenvalue weighted by Crippen LogP contribution is -2.39. The molecule has 0 saturated carbocycles. The normalized spacial score (nSPS) is 10.9. The van der Waals surface area contributed by atoms with E-state index in [4.69, 9.17) is 5.73 Å². The van der Waals surface area contributed by atoms with E-state index in [1.54, 1.807) is 12.1 Å². The van der Waals surface area contributed by atoms with Crippen LogP contribution in [0.4, 0.5) is 20.3 Å². The fraction of sp³-hybridized carbons (Fsp3) is 0.227. The SMILES string of the molecule is CN(C(=O)CCc1ccc(OC(F)F)cc1)c1c(N)n(Cc2ccccc2)c(=O)[nH]c1=O. The molecule has 0 fully saturated rings. The summed E-state index contributed by atoms with van der Waals surface area (Å²) in [5.74, 6) is -0.501. The minimum Gasteiger partial charge on any atom is -0.435 e. The summed E-state index contributed by atoms with van der Waals surface area (Å²) in [5, 5.41) is 0. The fourth-order valence-electron chi connectivity index (χ4n) is 3.21. The van der Waals surface area contributed by atoms with Crippen LogP contribution in [-0.2, 0) is 17.8 Å². The number of nitrogens with zero attached hydrogens (tertiary/aromatic N) is 2. The van der Waals surface area contributed by atoms with Gasteiger partial charge < -0.3 is 15.4 Å². The Morgan fingerprint density at radius 1 is 1.09 bits per heavy atom. The van der Waals surface area contributed by atoms with Gasteiger partial charge in [-0.2, -0.15) is 8.78 Å². The van der Waals surface area contributed by atoms with Gasteiger partial charge in [-0.15, -0.1) is 0 Å². The topological polar surface area (TPSA) is 110 Å². The van der Waals surface area contributed by atoms with Crippen molar-refractivity contribution in [2.45, 2.75) is 26.0 Å². The molecule has 0 spiro atoms. The molecule has 0 aliphatic carbocycles. The number of carbonyl (C=O) groups is 1. The van der Waals surface area contributed by atoms with Gasteiger partial charge in [-0.1, -0.05) is 42.5 Å². The number of rotatable bonds is 8. The van der Waals surface area contributed by atoms with E-state index >= 15 is 0 Å². The van der Waals surface area contributed by atoms with Crippen molar-refractivity contribution >= 4 is 17.4 Å². The zero-order chi connectivity index (χ0) is 23.3. The van der Waals surface area contributed by atoms with E-state index in [9.17, 15) is 23.2 Å². The summed E-state index contributed by atoms with van der Waals surface area (Å²) < 4.78 is 30.0. The number of nitrogen functional groups attached to an aromatic ring is 1. The number of nitrogens with two attached hydrogens (primary N) is 1. The van der Waals surface area contributed by atoms with E-state index in [1.807, 2.05) is 30.3 Å². The predicted octanol–water partition coefficient (Wildman–Crippen LogP) is 2.36. The number of amides is 1. The van der Waals surface area contributed by atoms with Crippen LogP contribution in [0, 0.1) is 0 Å². The van der Waals surface area contributed by atoms with Crippen molar-refractivity contribution in [1.82, 2.24) is 9.55 Å². The minimum atomic E-state index is -2.91. The molecule has 0 bridgehead atoms. The van der Waals surface area contributed by atoms with Crippen molar-refractivity contribution < 1.29 is 18.3 Å². The number of aromatic nitrogens is 2. The Morgan fingerprint density at radius 3 is 2.38 bits per heavy atom. The van der Waals surface area contributed by atoms with Crippen molar-refractivity contribution in [3.63, 3.8) is 0 Å². The first-order valence-corrected chi connectivity index (χ1v) is 9.73. The number of aromatic amines is 1. The van der Waals surface area contributed by atoms with Gasteiger partial charge in [-0.3, -0.25) is 19.1 Å². The maximum Gasteiger partial charge on any atom is 0.387 e. The second kappa shape index (κ2) is 9.90. The monoisotopic (exact) mass is 444 g/mol. The average Bonchev–Trinajstić information content (AvgIpc) is 2.76. The molecule has 0 atom stereocenters. The Hall–Kier alpha value is -3.95. The van der Waals surface area contributed by atoms with Gasteiger partial charge >= 0.3 is 12.3 Å². The van der Waals surface area contributed by atoms with Gasteiger partial charge in [-0.25, -0.2) is 4.79 Å². The lowest BCUT2D eigenvalue weighted by Gasteiger charge is -2.20. The Bertz CT molecular complexity index is 1190. The van der Waals surface area contributed by atoms with Crippen LogP contribution in [0.15, 0.2) is 64.2 Å². The molecule has 1 aromatic heterocycles. The van der Waals surface area contributed by atoms with Gasteiger partial charge in [0.15, 0.2) is 5.69 Å². The van der Waals surface area contributed by atoms with E-state index in [1.165, 1.54) is 23.7 Å². The smallest absolute Gasteiger partial charge is 0.387 e. The van der Waals surface area contributed by atoms with Crippen LogP contribution >= 0.6 is 0 Å². The molecule has 3 N–H and O–H groups in total. The second-order valence-electron chi connectivity index (χ2n) is 7.04. The van der Waals surface area contributed by atoms with Gasteiger partial charge in [0, 0.05) is 13.5 Å². The lowest BCUT2D eigenvalue weighted by molar-refractivity contribution is -0.118. The lowest BCUT2D eigenvalue weighted by atomic mass is 10.1. The number of aryl methyl sites for hydroxylation is 1. The molecule has 0 radical (unpaired) electrons. The van der Waals surface area contributed by atoms with Crippen LogP contribution < -0.4 is 26.6 Å². The average molecular weight is 444 g/mol. The highest BCUT2D eigenvalue weighted by atomic mass is 19.3. The van der Waals surface area contributed by atoms with Crippen LogP contribution in [0.2, 0.25) is 0 Å². The molecule has 0 saturated heterocycles. The summed E-state index contributed by atoms with van der Waals surface area (Å²) in [6, 6.07) is 15.0. The third kappa shape index (κ3) is 5.39. The number of benzene rings is 2. The van der Waals surface area contributed by atoms with Crippen LogP contribution in [0.3, 0.4) is 0 Å². The summed E-state index contributed by atoms with van der Waals surface area (Å²) in [6.45, 7) is -2.78. The molecule has 2 aromatic carbocycles. The number of hydrogen-bond donors (Lipinski definition) is 2. The van der Waals surface area contributed by atoms with E-state index in [0.29, 0.717) is 6.42 Å². The first kappa shape index (κ1) is 22.7. The molecule has 3 rings (SSSR count). The maximum atomic E-state index is 12.7. The molecular weight excluding hydrogens is 422 g/mol. The zero-order valence-electron chi connectivity index (χ0n) is 17.3. The number of H-pyrrole nitrogens is 1. The highest BCUT2D eigenvalue weighted by molar-refractivity contribution is 5.95. The molecule has 3 aromatic rings. The zero-order valence-corrected chi connectivity index (χ0v) is 17.3. The molecule has 8 nitrogen and oxygen atoms in total. The number of halogens is 2. The van der Waals surface area contributed by atoms with Crippen LogP contribution in [0.5, 0.6) is 5.75 Å². The van der Waals surface area contributed by atoms with Gasteiger partial charge in [0.25, 0.3) is 5.56 Å². The molecule has 10 heteroatoms. The summed E-state index contributed by atoms with van der Waals surface area (Å²) >= 11 is 0. The third-order valence-corrected chi connectivity index (χ3v) is 4.88. The number of alkyl halides is 2. The minimum absolute atomic E-state index is 0.0205. The molecular formula is C22H22F2N4O4. The highest BCUT2D eigenvalue weighted by Crippen LogP contribution is 2.19. The van der Waals surface area contributed by atoms with E-state index in [2.05, 4.69) is 9.72 Å². The number of nitrogens with one attached hydrogen (secondary N) is 1. The van der Waals surface area contributed by atoms with Crippen LogP contribution in [0.1, 0.15) is 17.5 Å². The first-order chi connectivity index (χ1) is 15.3. The van der Waals surface area contributed by atoms with Crippen LogP contribution in [0.25, 0.3) is 0 Å². The fourth-order valence-corrected chi connectivity index (χ4v) is 3.21. The van der Waals surface area contributed by atoms with Crippen molar-refractivity contribution in [2.75, 3.05) is 17.7 Å². The maximum absolute atomic E-state index is 12.7. The summed E-state index contributed by atoms with van der Waals surface area (Å²) in [7, 11) is 1.40. The highest BCUT2D eigenvalue weighted by Gasteiger charge is 2.21. The van der Waals surface area contributed by atoms with Crippen molar-refractivity contribution in [2.24, 2.45) is 0 Å². The second-order valence-corrected chi connectivity index (χ2v) is 7.04. The van der Waals surface area contributed by atoms with E-state index in [-0.39, 0.29) is 30.2 Å². The van der Waals surface area contributed by atoms with Gasteiger partial charge in [-0.05, 0) is 29.7 Å². The van der Waals surface area contributed by atoms with Crippen molar-refractivity contribution in [1.29, 1.82) is 0 Å². The predicted molar refractivity (Wildman–Crippen MR) is 116 cm³/mol. The Balaban J connectivity index is 1.75. The van der Waals surface area contributed by atoms with Gasteiger partial charge in [0.1, 0.15) is 11.6 Å². The van der Waals surface area contributed by atoms with Crippen molar-refractivity contribution in [3.05, 3.63) is 86.6 Å². The summed E-state index contributed by atoms with van der Waals surface area (Å²) in [6.07, 6.45) is 0.335. The molecule has 0 aliphatic rings. The molecule has 168 valence electrons. The third-order valence-electron chi connectivity index (χ3n) is 4.88. The number of ether oxygens (including phenoxy) is 1. The molecule has 32 heavy (non-hydrogen) atoms. The Morgan fingerprint density at radius 2 is 1.75 bits per heavy atom. The number of anilines is 2. The van der Waals surface area contributed by atoms with Crippen molar-refractivity contribution in [3.8, 4) is 5.75 Å². The number of hydrogen-bond acceptors (Lipinski definition) is 5. The molecule has 1 amide bonds. The van der Waals surface area contributed by atoms with E-state index < -0.39 is 23.8 Å². The van der Waals surface area contributed by atoms with E-state index in [0.717, 1.165) is 16.0 Å². The van der Waals surface area contributed by atoms with Crippen LogP contribution in [-0.4, -0.2) is 29.1 Å². The number of carbonyl (C=O) groups excluding carboxylic acids is 1. The molecule has 0 aliphatic heterocycles. The Kier molecular flexibility index (Phi) is 7.04. The van der Waals surface area contributed by atoms with Gasteiger partial charge in [0.2, 0.25) is 5.91 Å². The standard InChI is InChI=1S/C22H22F2N4O4/c1-27(17(29)12-9-14-7-10-16(11-8-14)32-21(23)24)18-19(25)28(22(31)26-20(18)30)13-15-5-3-2-4-6-15/h2-8,10-11,21H,9,12-13,25H2,1H3,(H,26,30,31). The Labute approximate surface area is 181 Å². The summed E-state index contributed by atoms with van der Waals surface area (Å²) in [5.41, 5.74) is 6.08. The van der Waals surface area contributed by atoms with Gasteiger partial charge in [0.05, 0.1) is 6.54 Å².